The summed E-state index contributed by atoms with van der Waals surface area (Å²) in [7, 11) is 1.76. The molecule has 0 fully saturated rings. The molecular formula is C18H27IN4OS. The second-order valence-corrected chi connectivity index (χ2v) is 6.82. The quantitative estimate of drug-likeness (QED) is 0.365. The van der Waals surface area contributed by atoms with Crippen LogP contribution in [-0.4, -0.2) is 30.6 Å². The highest BCUT2D eigenvalue weighted by Gasteiger charge is 2.07. The van der Waals surface area contributed by atoms with Crippen molar-refractivity contribution in [2.24, 2.45) is 4.99 Å². The number of nitrogens with zero attached hydrogens (tertiary/aromatic N) is 2. The minimum atomic E-state index is 0. The van der Waals surface area contributed by atoms with E-state index in [2.05, 4.69) is 46.6 Å². The number of rotatable bonds is 7. The van der Waals surface area contributed by atoms with Crippen molar-refractivity contribution in [1.29, 1.82) is 0 Å². The molecule has 5 nitrogen and oxygen atoms in total. The van der Waals surface area contributed by atoms with E-state index in [-0.39, 0.29) is 30.1 Å². The van der Waals surface area contributed by atoms with Crippen LogP contribution in [-0.2, 0) is 13.0 Å². The fraction of sp³-hybridized carbons (Fsp3) is 0.444. The second kappa shape index (κ2) is 11.3. The van der Waals surface area contributed by atoms with Gasteiger partial charge in [-0.2, -0.15) is 0 Å². The van der Waals surface area contributed by atoms with Gasteiger partial charge in [0.25, 0.3) is 0 Å². The maximum Gasteiger partial charge on any atom is 0.191 e. The molecule has 1 aromatic heterocycles. The summed E-state index contributed by atoms with van der Waals surface area (Å²) < 4.78 is 5.89. The van der Waals surface area contributed by atoms with Gasteiger partial charge in [0.05, 0.1) is 13.1 Å². The van der Waals surface area contributed by atoms with E-state index >= 15 is 0 Å². The Hall–Kier alpha value is -1.35. The van der Waals surface area contributed by atoms with Crippen LogP contribution < -0.4 is 15.4 Å². The molecule has 1 unspecified atom stereocenters. The summed E-state index contributed by atoms with van der Waals surface area (Å²) in [6, 6.07) is 8.09. The first-order chi connectivity index (χ1) is 11.6. The van der Waals surface area contributed by atoms with Crippen LogP contribution in [0.5, 0.6) is 5.75 Å². The Kier molecular flexibility index (Phi) is 9.81. The molecule has 25 heavy (non-hydrogen) atoms. The fourth-order valence-corrected chi connectivity index (χ4v) is 2.91. The van der Waals surface area contributed by atoms with Gasteiger partial charge in [0, 0.05) is 18.1 Å². The van der Waals surface area contributed by atoms with E-state index in [1.165, 1.54) is 10.4 Å². The summed E-state index contributed by atoms with van der Waals surface area (Å²) in [5, 5.41) is 7.63. The van der Waals surface area contributed by atoms with Gasteiger partial charge in [-0.3, -0.25) is 4.99 Å². The molecule has 2 rings (SSSR count). The molecule has 0 amide bonds. The topological polar surface area (TPSA) is 58.5 Å². The Balaban J connectivity index is 0.00000312. The Labute approximate surface area is 171 Å². The van der Waals surface area contributed by atoms with Crippen molar-refractivity contribution in [2.75, 3.05) is 13.6 Å². The summed E-state index contributed by atoms with van der Waals surface area (Å²) in [5.74, 6) is 1.63. The van der Waals surface area contributed by atoms with E-state index in [1.807, 2.05) is 25.3 Å². The third kappa shape index (κ3) is 7.60. The van der Waals surface area contributed by atoms with Gasteiger partial charge in [-0.1, -0.05) is 24.6 Å². The van der Waals surface area contributed by atoms with Crippen molar-refractivity contribution in [3.05, 3.63) is 45.9 Å². The number of hydrogen-bond donors (Lipinski definition) is 2. The number of aliphatic imine (C=N–C) groups is 1. The number of hydrogen-bond acceptors (Lipinski definition) is 4. The van der Waals surface area contributed by atoms with E-state index in [0.29, 0.717) is 13.1 Å². The number of benzene rings is 1. The number of halogens is 1. The van der Waals surface area contributed by atoms with Gasteiger partial charge in [-0.25, -0.2) is 4.98 Å². The van der Waals surface area contributed by atoms with E-state index in [9.17, 15) is 0 Å². The maximum absolute atomic E-state index is 5.89. The zero-order valence-electron chi connectivity index (χ0n) is 15.2. The van der Waals surface area contributed by atoms with Gasteiger partial charge in [0.2, 0.25) is 0 Å². The van der Waals surface area contributed by atoms with Crippen molar-refractivity contribution in [3.8, 4) is 5.75 Å². The summed E-state index contributed by atoms with van der Waals surface area (Å²) in [6.45, 7) is 7.59. The number of aromatic nitrogens is 1. The highest BCUT2D eigenvalue weighted by atomic mass is 127. The third-order valence-corrected chi connectivity index (χ3v) is 4.64. The molecule has 0 saturated carbocycles. The maximum atomic E-state index is 5.89. The lowest BCUT2D eigenvalue weighted by atomic mass is 10.2. The molecule has 0 spiro atoms. The van der Waals surface area contributed by atoms with Gasteiger partial charge in [-0.05, 0) is 32.4 Å². The van der Waals surface area contributed by atoms with E-state index in [1.54, 1.807) is 18.4 Å². The van der Waals surface area contributed by atoms with Crippen LogP contribution in [0.25, 0.3) is 0 Å². The van der Waals surface area contributed by atoms with Crippen molar-refractivity contribution in [1.82, 2.24) is 15.6 Å². The van der Waals surface area contributed by atoms with Gasteiger partial charge in [0.1, 0.15) is 16.9 Å². The Morgan fingerprint density at radius 1 is 1.28 bits per heavy atom. The normalized spacial score (nSPS) is 12.2. The van der Waals surface area contributed by atoms with Crippen LogP contribution in [0.1, 0.15) is 29.3 Å². The average molecular weight is 474 g/mol. The molecule has 2 N–H and O–H groups in total. The molecule has 0 aliphatic rings. The molecule has 1 heterocycles. The first-order valence-electron chi connectivity index (χ1n) is 8.22. The number of ether oxygens (including phenoxy) is 1. The highest BCUT2D eigenvalue weighted by molar-refractivity contribution is 14.0. The Morgan fingerprint density at radius 2 is 2.00 bits per heavy atom. The second-order valence-electron chi connectivity index (χ2n) is 5.62. The minimum absolute atomic E-state index is 0. The van der Waals surface area contributed by atoms with Gasteiger partial charge >= 0.3 is 0 Å². The summed E-state index contributed by atoms with van der Waals surface area (Å²) in [6.07, 6.45) is 3.01. The lowest BCUT2D eigenvalue weighted by molar-refractivity contribution is 0.224. The summed E-state index contributed by atoms with van der Waals surface area (Å²) in [5.41, 5.74) is 1.23. The van der Waals surface area contributed by atoms with Crippen molar-refractivity contribution in [2.45, 2.75) is 39.8 Å². The van der Waals surface area contributed by atoms with Crippen LogP contribution in [0.4, 0.5) is 0 Å². The standard InChI is InChI=1S/C18H26N4OS.HI/c1-5-16-11-20-17(24-16)12-22-18(19-4)21-10-14(3)23-15-8-6-13(2)7-9-15;/h6-9,11,14H,5,10,12H2,1-4H3,(H2,19,21,22);1H. The molecule has 1 atom stereocenters. The number of guanidine groups is 1. The van der Waals surface area contributed by atoms with Crippen molar-refractivity contribution in [3.63, 3.8) is 0 Å². The Morgan fingerprint density at radius 3 is 2.60 bits per heavy atom. The van der Waals surface area contributed by atoms with E-state index < -0.39 is 0 Å². The third-order valence-electron chi connectivity index (χ3n) is 3.50. The largest absolute Gasteiger partial charge is 0.489 e. The molecular weight excluding hydrogens is 447 g/mol. The highest BCUT2D eigenvalue weighted by Crippen LogP contribution is 2.13. The first-order valence-corrected chi connectivity index (χ1v) is 9.03. The molecule has 0 saturated heterocycles. The van der Waals surface area contributed by atoms with Crippen molar-refractivity contribution < 1.29 is 4.74 Å². The molecule has 2 aromatic rings. The minimum Gasteiger partial charge on any atom is -0.489 e. The Bertz CT molecular complexity index is 657. The first kappa shape index (κ1) is 21.7. The van der Waals surface area contributed by atoms with Crippen LogP contribution >= 0.6 is 35.3 Å². The predicted molar refractivity (Wildman–Crippen MR) is 116 cm³/mol. The van der Waals surface area contributed by atoms with E-state index in [4.69, 9.17) is 4.74 Å². The number of aryl methyl sites for hydroxylation is 2. The zero-order chi connectivity index (χ0) is 17.4. The SMILES string of the molecule is CCc1cnc(CNC(=NC)NCC(C)Oc2ccc(C)cc2)s1.I. The van der Waals surface area contributed by atoms with Crippen LogP contribution in [0.2, 0.25) is 0 Å². The molecule has 0 aliphatic carbocycles. The van der Waals surface area contributed by atoms with Gasteiger partial charge in [-0.15, -0.1) is 35.3 Å². The van der Waals surface area contributed by atoms with E-state index in [0.717, 1.165) is 23.1 Å². The van der Waals surface area contributed by atoms with Crippen LogP contribution in [0.15, 0.2) is 35.5 Å². The van der Waals surface area contributed by atoms with Gasteiger partial charge in [0.15, 0.2) is 5.96 Å². The smallest absolute Gasteiger partial charge is 0.191 e. The number of thiazole rings is 1. The lowest BCUT2D eigenvalue weighted by Gasteiger charge is -2.17. The van der Waals surface area contributed by atoms with Crippen LogP contribution in [0, 0.1) is 6.92 Å². The average Bonchev–Trinajstić information content (AvgIpc) is 3.05. The monoisotopic (exact) mass is 474 g/mol. The lowest BCUT2D eigenvalue weighted by Crippen LogP contribution is -2.41. The number of nitrogens with one attached hydrogen (secondary N) is 2. The van der Waals surface area contributed by atoms with Crippen LogP contribution in [0.3, 0.4) is 0 Å². The van der Waals surface area contributed by atoms with Crippen molar-refractivity contribution >= 4 is 41.3 Å². The van der Waals surface area contributed by atoms with Gasteiger partial charge < -0.3 is 15.4 Å². The molecule has 1 aromatic carbocycles. The summed E-state index contributed by atoms with van der Waals surface area (Å²) >= 11 is 1.73. The zero-order valence-corrected chi connectivity index (χ0v) is 18.4. The summed E-state index contributed by atoms with van der Waals surface area (Å²) in [4.78, 5) is 9.94. The molecule has 138 valence electrons. The predicted octanol–water partition coefficient (Wildman–Crippen LogP) is 3.76. The molecule has 0 aliphatic heterocycles. The molecule has 7 heteroatoms. The molecule has 0 bridgehead atoms. The fourth-order valence-electron chi connectivity index (χ4n) is 2.10. The molecule has 0 radical (unpaired) electrons.